The van der Waals surface area contributed by atoms with Crippen molar-refractivity contribution >= 4 is 10.0 Å². The van der Waals surface area contributed by atoms with E-state index in [1.54, 1.807) is 18.5 Å². The molecule has 1 N–H and O–H groups in total. The van der Waals surface area contributed by atoms with E-state index in [9.17, 15) is 21.6 Å². The van der Waals surface area contributed by atoms with Crippen LogP contribution in [0.3, 0.4) is 0 Å². The number of nitrogens with one attached hydrogen (secondary N) is 1. The van der Waals surface area contributed by atoms with Gasteiger partial charge in [0.15, 0.2) is 0 Å². The second-order valence-electron chi connectivity index (χ2n) is 5.47. The number of sulfonamides is 1. The molecule has 3 rings (SSSR count). The summed E-state index contributed by atoms with van der Waals surface area (Å²) in [7, 11) is -3.89. The van der Waals surface area contributed by atoms with Crippen molar-refractivity contribution in [2.75, 3.05) is 6.54 Å². The summed E-state index contributed by atoms with van der Waals surface area (Å²) in [6.45, 7) is 0.277. The molecule has 0 radical (unpaired) electrons. The van der Waals surface area contributed by atoms with Crippen molar-refractivity contribution in [3.8, 4) is 17.1 Å². The van der Waals surface area contributed by atoms with E-state index >= 15 is 0 Å². The van der Waals surface area contributed by atoms with E-state index in [0.29, 0.717) is 11.4 Å². The molecule has 2 aromatic heterocycles. The van der Waals surface area contributed by atoms with E-state index in [4.69, 9.17) is 0 Å². The van der Waals surface area contributed by atoms with Gasteiger partial charge in [0.05, 0.1) is 17.6 Å². The molecule has 0 aliphatic heterocycles. The van der Waals surface area contributed by atoms with Gasteiger partial charge in [-0.1, -0.05) is 0 Å². The van der Waals surface area contributed by atoms with Crippen LogP contribution in [-0.2, 0) is 16.6 Å². The number of alkyl halides is 3. The fraction of sp³-hybridized carbons (Fsp3) is 0.188. The summed E-state index contributed by atoms with van der Waals surface area (Å²) < 4.78 is 68.5. The maximum absolute atomic E-state index is 12.2. The standard InChI is InChI=1S/C16H14F3N5O3S/c17-16(18,19)27-12-1-3-13(4-2-12)28(25,26)22-8-10-24-9-5-14(23-24)15-11-20-6-7-21-15/h1-7,9,11,22H,8,10H2. The zero-order valence-electron chi connectivity index (χ0n) is 14.2. The summed E-state index contributed by atoms with van der Waals surface area (Å²) in [5, 5.41) is 4.27. The van der Waals surface area contributed by atoms with Crippen molar-refractivity contribution in [3.63, 3.8) is 0 Å². The molecule has 0 unspecified atom stereocenters. The van der Waals surface area contributed by atoms with Crippen LogP contribution >= 0.6 is 0 Å². The van der Waals surface area contributed by atoms with Gasteiger partial charge in [-0.05, 0) is 30.3 Å². The molecule has 0 aliphatic rings. The first-order chi connectivity index (χ1) is 13.2. The molecule has 148 valence electrons. The average Bonchev–Trinajstić information content (AvgIpc) is 3.10. The quantitative estimate of drug-likeness (QED) is 0.638. The van der Waals surface area contributed by atoms with E-state index < -0.39 is 22.1 Å². The highest BCUT2D eigenvalue weighted by Crippen LogP contribution is 2.23. The van der Waals surface area contributed by atoms with Gasteiger partial charge in [-0.15, -0.1) is 13.2 Å². The van der Waals surface area contributed by atoms with Gasteiger partial charge in [0, 0.05) is 25.1 Å². The highest BCUT2D eigenvalue weighted by molar-refractivity contribution is 7.89. The first-order valence-corrected chi connectivity index (χ1v) is 9.37. The predicted octanol–water partition coefficient (Wildman–Crippen LogP) is 2.22. The third-order valence-corrected chi connectivity index (χ3v) is 4.94. The van der Waals surface area contributed by atoms with Crippen molar-refractivity contribution in [1.82, 2.24) is 24.5 Å². The molecular weight excluding hydrogens is 399 g/mol. The van der Waals surface area contributed by atoms with E-state index in [2.05, 4.69) is 24.5 Å². The maximum Gasteiger partial charge on any atom is 0.573 e. The summed E-state index contributed by atoms with van der Waals surface area (Å²) in [5.74, 6) is -0.500. The number of ether oxygens (including phenoxy) is 1. The Morgan fingerprint density at radius 3 is 2.46 bits per heavy atom. The van der Waals surface area contributed by atoms with Gasteiger partial charge >= 0.3 is 6.36 Å². The van der Waals surface area contributed by atoms with Gasteiger partial charge in [-0.3, -0.25) is 14.6 Å². The van der Waals surface area contributed by atoms with Crippen LogP contribution in [0.15, 0.2) is 60.0 Å². The summed E-state index contributed by atoms with van der Waals surface area (Å²) in [6.07, 6.45) is 1.46. The molecule has 0 saturated carbocycles. The number of rotatable bonds is 7. The van der Waals surface area contributed by atoms with Crippen molar-refractivity contribution in [1.29, 1.82) is 0 Å². The second kappa shape index (κ2) is 7.94. The topological polar surface area (TPSA) is 99.0 Å². The van der Waals surface area contributed by atoms with Crippen molar-refractivity contribution < 1.29 is 26.3 Å². The van der Waals surface area contributed by atoms with Crippen molar-refractivity contribution in [2.45, 2.75) is 17.8 Å². The number of halogens is 3. The van der Waals surface area contributed by atoms with Crippen LogP contribution in [-0.4, -0.2) is 41.1 Å². The molecule has 0 atom stereocenters. The summed E-state index contributed by atoms with van der Waals surface area (Å²) in [6, 6.07) is 5.65. The summed E-state index contributed by atoms with van der Waals surface area (Å²) in [4.78, 5) is 7.89. The Morgan fingerprint density at radius 2 is 1.82 bits per heavy atom. The minimum Gasteiger partial charge on any atom is -0.406 e. The van der Waals surface area contributed by atoms with E-state index in [1.807, 2.05) is 0 Å². The molecule has 2 heterocycles. The SMILES string of the molecule is O=S(=O)(NCCn1ccc(-c2cnccn2)n1)c1ccc(OC(F)(F)F)cc1. The number of hydrogen-bond acceptors (Lipinski definition) is 6. The van der Waals surface area contributed by atoms with Gasteiger partial charge in [0.1, 0.15) is 17.1 Å². The van der Waals surface area contributed by atoms with E-state index in [1.165, 1.54) is 17.1 Å². The smallest absolute Gasteiger partial charge is 0.406 e. The molecule has 12 heteroatoms. The Bertz CT molecular complexity index is 1020. The molecule has 0 aliphatic carbocycles. The monoisotopic (exact) mass is 413 g/mol. The van der Waals surface area contributed by atoms with Crippen LogP contribution in [0, 0.1) is 0 Å². The zero-order valence-corrected chi connectivity index (χ0v) is 15.0. The Kier molecular flexibility index (Phi) is 5.61. The highest BCUT2D eigenvalue weighted by atomic mass is 32.2. The average molecular weight is 413 g/mol. The lowest BCUT2D eigenvalue weighted by Gasteiger charge is -2.10. The van der Waals surface area contributed by atoms with E-state index in [-0.39, 0.29) is 18.0 Å². The molecule has 0 saturated heterocycles. The van der Waals surface area contributed by atoms with Crippen LogP contribution < -0.4 is 9.46 Å². The second-order valence-corrected chi connectivity index (χ2v) is 7.24. The Morgan fingerprint density at radius 1 is 1.07 bits per heavy atom. The summed E-state index contributed by atoms with van der Waals surface area (Å²) in [5.41, 5.74) is 1.18. The maximum atomic E-state index is 12.2. The van der Waals surface area contributed by atoms with Gasteiger partial charge in [0.2, 0.25) is 10.0 Å². The fourth-order valence-electron chi connectivity index (χ4n) is 2.25. The number of aromatic nitrogens is 4. The third kappa shape index (κ3) is 5.27. The Hall–Kier alpha value is -2.99. The van der Waals surface area contributed by atoms with Gasteiger partial charge in [0.25, 0.3) is 0 Å². The van der Waals surface area contributed by atoms with Crippen LogP contribution in [0.4, 0.5) is 13.2 Å². The molecule has 8 nitrogen and oxygen atoms in total. The number of benzene rings is 1. The zero-order chi connectivity index (χ0) is 20.2. The molecule has 3 aromatic rings. The summed E-state index contributed by atoms with van der Waals surface area (Å²) >= 11 is 0. The predicted molar refractivity (Wildman–Crippen MR) is 91.6 cm³/mol. The lowest BCUT2D eigenvalue weighted by atomic mass is 10.3. The minimum atomic E-state index is -4.84. The lowest BCUT2D eigenvalue weighted by molar-refractivity contribution is -0.274. The van der Waals surface area contributed by atoms with Crippen molar-refractivity contribution in [3.05, 3.63) is 55.1 Å². The normalized spacial score (nSPS) is 12.1. The van der Waals surface area contributed by atoms with Gasteiger partial charge in [-0.25, -0.2) is 13.1 Å². The molecule has 0 bridgehead atoms. The molecule has 0 fully saturated rings. The van der Waals surface area contributed by atoms with Crippen LogP contribution in [0.25, 0.3) is 11.4 Å². The molecule has 1 aromatic carbocycles. The minimum absolute atomic E-state index is 0.0325. The third-order valence-electron chi connectivity index (χ3n) is 3.47. The number of nitrogens with zero attached hydrogens (tertiary/aromatic N) is 4. The van der Waals surface area contributed by atoms with Crippen LogP contribution in [0.1, 0.15) is 0 Å². The first kappa shape index (κ1) is 19.8. The van der Waals surface area contributed by atoms with Gasteiger partial charge in [-0.2, -0.15) is 5.10 Å². The molecular formula is C16H14F3N5O3S. The van der Waals surface area contributed by atoms with Crippen LogP contribution in [0.2, 0.25) is 0 Å². The largest absolute Gasteiger partial charge is 0.573 e. The molecule has 28 heavy (non-hydrogen) atoms. The Labute approximate surface area is 158 Å². The molecule has 0 amide bonds. The lowest BCUT2D eigenvalue weighted by Crippen LogP contribution is -2.27. The van der Waals surface area contributed by atoms with Crippen molar-refractivity contribution in [2.24, 2.45) is 0 Å². The first-order valence-electron chi connectivity index (χ1n) is 7.88. The van der Waals surface area contributed by atoms with Gasteiger partial charge < -0.3 is 4.74 Å². The van der Waals surface area contributed by atoms with E-state index in [0.717, 1.165) is 24.3 Å². The Balaban J connectivity index is 1.57. The number of hydrogen-bond donors (Lipinski definition) is 1. The fourth-order valence-corrected chi connectivity index (χ4v) is 3.27. The molecule has 0 spiro atoms. The van der Waals surface area contributed by atoms with Crippen LogP contribution in [0.5, 0.6) is 5.75 Å². The highest BCUT2D eigenvalue weighted by Gasteiger charge is 2.31.